The lowest BCUT2D eigenvalue weighted by Crippen LogP contribution is -2.29. The van der Waals surface area contributed by atoms with E-state index in [2.05, 4.69) is 0 Å². The van der Waals surface area contributed by atoms with E-state index in [1.165, 1.54) is 12.1 Å². The van der Waals surface area contributed by atoms with Crippen LogP contribution in [0.2, 0.25) is 0 Å². The Morgan fingerprint density at radius 2 is 1.70 bits per heavy atom. The fraction of sp³-hybridized carbons (Fsp3) is 0.318. The largest absolute Gasteiger partial charge is 0.511 e. The molecule has 138 valence electrons. The minimum atomic E-state index is -0.332. The summed E-state index contributed by atoms with van der Waals surface area (Å²) in [4.78, 5) is 13.1. The van der Waals surface area contributed by atoms with Gasteiger partial charge >= 0.3 is 0 Å². The number of Topliss-reactive ketones (excluding diaryl/α,β-unsaturated/α-hetero) is 1. The maximum atomic E-state index is 13.1. The number of rotatable bonds is 3. The topological polar surface area (TPSA) is 55.8 Å². The zero-order chi connectivity index (χ0) is 18.7. The quantitative estimate of drug-likeness (QED) is 0.864. The molecule has 5 heteroatoms. The Hall–Kier alpha value is -2.66. The van der Waals surface area contributed by atoms with E-state index in [0.717, 1.165) is 18.4 Å². The first-order valence-electron chi connectivity index (χ1n) is 9.20. The van der Waals surface area contributed by atoms with Crippen molar-refractivity contribution in [2.75, 3.05) is 0 Å². The third kappa shape index (κ3) is 2.49. The molecule has 3 aliphatic rings. The van der Waals surface area contributed by atoms with Gasteiger partial charge in [0.15, 0.2) is 5.78 Å². The fourth-order valence-corrected chi connectivity index (χ4v) is 4.66. The zero-order valence-electron chi connectivity index (χ0n) is 14.8. The number of hydrogen-bond donors (Lipinski definition) is 1. The van der Waals surface area contributed by atoms with Crippen LogP contribution in [0.15, 0.2) is 48.2 Å². The molecular weight excluding hydrogens is 347 g/mol. The molecule has 2 fully saturated rings. The van der Waals surface area contributed by atoms with Crippen molar-refractivity contribution >= 4 is 11.4 Å². The summed E-state index contributed by atoms with van der Waals surface area (Å²) in [5, 5.41) is 10.8. The van der Waals surface area contributed by atoms with Crippen LogP contribution in [0.5, 0.6) is 11.5 Å². The molecule has 27 heavy (non-hydrogen) atoms. The van der Waals surface area contributed by atoms with Gasteiger partial charge in [0, 0.05) is 0 Å². The van der Waals surface area contributed by atoms with Gasteiger partial charge in [-0.15, -0.1) is 0 Å². The molecular formula is C22H19FO4. The summed E-state index contributed by atoms with van der Waals surface area (Å²) in [5.41, 5.74) is 1.97. The van der Waals surface area contributed by atoms with Crippen LogP contribution in [-0.4, -0.2) is 23.1 Å². The maximum absolute atomic E-state index is 13.1. The lowest BCUT2D eigenvalue weighted by atomic mass is 9.80. The van der Waals surface area contributed by atoms with E-state index in [0.29, 0.717) is 22.6 Å². The minimum Gasteiger partial charge on any atom is -0.511 e. The molecule has 2 bridgehead atoms. The molecule has 2 aromatic rings. The summed E-state index contributed by atoms with van der Waals surface area (Å²) in [6.45, 7) is 1.91. The number of fused-ring (bicyclic) bond motifs is 5. The zero-order valence-corrected chi connectivity index (χ0v) is 14.8. The van der Waals surface area contributed by atoms with E-state index in [1.54, 1.807) is 24.3 Å². The molecule has 2 heterocycles. The number of halogens is 1. The molecule has 1 N–H and O–H groups in total. The van der Waals surface area contributed by atoms with Gasteiger partial charge in [0.25, 0.3) is 0 Å². The average molecular weight is 366 g/mol. The maximum Gasteiger partial charge on any atom is 0.173 e. The van der Waals surface area contributed by atoms with Crippen molar-refractivity contribution in [2.24, 2.45) is 11.8 Å². The minimum absolute atomic E-state index is 0.0354. The molecule has 5 rings (SSSR count). The van der Waals surface area contributed by atoms with E-state index in [9.17, 15) is 14.3 Å². The molecule has 4 atom stereocenters. The van der Waals surface area contributed by atoms with Crippen LogP contribution in [0.1, 0.15) is 24.0 Å². The van der Waals surface area contributed by atoms with Gasteiger partial charge in [-0.05, 0) is 67.3 Å². The van der Waals surface area contributed by atoms with Crippen LogP contribution in [0.3, 0.4) is 0 Å². The molecule has 2 aliphatic heterocycles. The Morgan fingerprint density at radius 1 is 1.04 bits per heavy atom. The lowest BCUT2D eigenvalue weighted by molar-refractivity contribution is -0.118. The SMILES string of the molecule is Cc1ccc(Oc2ccc(F)cc2)cc1C1=C(O)[C@H]2[C@@H](C1=O)[C@@H]1CC[C@H]2O1. The summed E-state index contributed by atoms with van der Waals surface area (Å²) in [6.07, 6.45) is 1.64. The highest BCUT2D eigenvalue weighted by molar-refractivity contribution is 6.25. The Balaban J connectivity index is 1.51. The smallest absolute Gasteiger partial charge is 0.173 e. The highest BCUT2D eigenvalue weighted by Gasteiger charge is 2.59. The number of benzene rings is 2. The number of carbonyl (C=O) groups excluding carboxylic acids is 1. The van der Waals surface area contributed by atoms with E-state index in [4.69, 9.17) is 9.47 Å². The van der Waals surface area contributed by atoms with Crippen molar-refractivity contribution in [2.45, 2.75) is 32.0 Å². The van der Waals surface area contributed by atoms with E-state index >= 15 is 0 Å². The highest BCUT2D eigenvalue weighted by atomic mass is 19.1. The Kier molecular flexibility index (Phi) is 3.62. The molecule has 0 aromatic heterocycles. The van der Waals surface area contributed by atoms with Crippen molar-refractivity contribution in [3.63, 3.8) is 0 Å². The first-order valence-corrected chi connectivity index (χ1v) is 9.20. The van der Waals surface area contributed by atoms with Gasteiger partial charge in [0.1, 0.15) is 23.1 Å². The second kappa shape index (κ2) is 5.92. The molecule has 1 aliphatic carbocycles. The average Bonchev–Trinajstić information content (AvgIpc) is 3.33. The van der Waals surface area contributed by atoms with Crippen molar-refractivity contribution in [1.82, 2.24) is 0 Å². The van der Waals surface area contributed by atoms with Gasteiger partial charge < -0.3 is 14.6 Å². The standard InChI is InChI=1S/C22H19FO4/c1-11-2-5-14(26-13-6-3-12(23)4-7-13)10-15(11)18-21(24)19-16-8-9-17(27-16)20(19)22(18)25/h2-7,10,16-17,19-20,24H,8-9H2,1H3/t16-,17+,19-,20+/m1/s1. The number of hydrogen-bond acceptors (Lipinski definition) is 4. The van der Waals surface area contributed by atoms with E-state index < -0.39 is 0 Å². The Morgan fingerprint density at radius 3 is 2.41 bits per heavy atom. The number of ketones is 1. The predicted molar refractivity (Wildman–Crippen MR) is 97.1 cm³/mol. The van der Waals surface area contributed by atoms with E-state index in [-0.39, 0.29) is 41.4 Å². The van der Waals surface area contributed by atoms with Crippen LogP contribution in [0.4, 0.5) is 4.39 Å². The van der Waals surface area contributed by atoms with Gasteiger partial charge in [0.05, 0.1) is 29.6 Å². The Labute approximate surface area is 156 Å². The first-order chi connectivity index (χ1) is 13.0. The second-order valence-electron chi connectivity index (χ2n) is 7.50. The molecule has 0 spiro atoms. The number of carbonyl (C=O) groups is 1. The summed E-state index contributed by atoms with van der Waals surface area (Å²) in [6, 6.07) is 11.2. The van der Waals surface area contributed by atoms with Crippen molar-refractivity contribution in [3.8, 4) is 11.5 Å². The summed E-state index contributed by atoms with van der Waals surface area (Å²) in [7, 11) is 0. The molecule has 2 saturated heterocycles. The summed E-state index contributed by atoms with van der Waals surface area (Å²) in [5.74, 6) is 0.345. The number of ether oxygens (including phenoxy) is 2. The number of aliphatic hydroxyl groups excluding tert-OH is 1. The lowest BCUT2D eigenvalue weighted by Gasteiger charge is -2.19. The van der Waals surface area contributed by atoms with Crippen LogP contribution in [0, 0.1) is 24.6 Å². The molecule has 4 nitrogen and oxygen atoms in total. The monoisotopic (exact) mass is 366 g/mol. The summed E-state index contributed by atoms with van der Waals surface area (Å²) >= 11 is 0. The van der Waals surface area contributed by atoms with Crippen molar-refractivity contribution in [1.29, 1.82) is 0 Å². The molecule has 0 radical (unpaired) electrons. The van der Waals surface area contributed by atoms with Crippen LogP contribution < -0.4 is 4.74 Å². The van der Waals surface area contributed by atoms with Gasteiger partial charge in [-0.2, -0.15) is 0 Å². The van der Waals surface area contributed by atoms with Crippen LogP contribution in [-0.2, 0) is 9.53 Å². The Bertz CT molecular complexity index is 963. The van der Waals surface area contributed by atoms with Gasteiger partial charge in [-0.3, -0.25) is 4.79 Å². The van der Waals surface area contributed by atoms with Crippen LogP contribution >= 0.6 is 0 Å². The third-order valence-corrected chi connectivity index (χ3v) is 5.92. The number of aliphatic hydroxyl groups is 1. The number of allylic oxidation sites excluding steroid dienone is 1. The predicted octanol–water partition coefficient (Wildman–Crippen LogP) is 4.57. The molecule has 0 unspecified atom stereocenters. The van der Waals surface area contributed by atoms with Gasteiger partial charge in [-0.1, -0.05) is 6.07 Å². The number of aryl methyl sites for hydroxylation is 1. The third-order valence-electron chi connectivity index (χ3n) is 5.92. The van der Waals surface area contributed by atoms with Crippen molar-refractivity contribution in [3.05, 3.63) is 65.2 Å². The molecule has 0 saturated carbocycles. The summed E-state index contributed by atoms with van der Waals surface area (Å²) < 4.78 is 24.7. The van der Waals surface area contributed by atoms with Gasteiger partial charge in [-0.25, -0.2) is 4.39 Å². The van der Waals surface area contributed by atoms with E-state index in [1.807, 2.05) is 13.0 Å². The van der Waals surface area contributed by atoms with Crippen LogP contribution in [0.25, 0.3) is 5.57 Å². The second-order valence-corrected chi connectivity index (χ2v) is 7.50. The molecule has 0 amide bonds. The highest BCUT2D eigenvalue weighted by Crippen LogP contribution is 2.53. The normalized spacial score (nSPS) is 28.7. The van der Waals surface area contributed by atoms with Crippen molar-refractivity contribution < 1.29 is 23.8 Å². The fourth-order valence-electron chi connectivity index (χ4n) is 4.66. The molecule has 2 aromatic carbocycles. The van der Waals surface area contributed by atoms with Gasteiger partial charge in [0.2, 0.25) is 0 Å². The first kappa shape index (κ1) is 16.5.